The number of aryl methyl sites for hydroxylation is 2. The first kappa shape index (κ1) is 11.7. The third kappa shape index (κ3) is 1.68. The fraction of sp³-hybridized carbons (Fsp3) is 0.200. The largest absolute Gasteiger partial charge is 0.466 e. The summed E-state index contributed by atoms with van der Waals surface area (Å²) in [5.41, 5.74) is 3.10. The van der Waals surface area contributed by atoms with Crippen molar-refractivity contribution >= 4 is 16.7 Å². The lowest BCUT2D eigenvalue weighted by Gasteiger charge is -1.99. The van der Waals surface area contributed by atoms with Gasteiger partial charge in [0, 0.05) is 40.6 Å². The van der Waals surface area contributed by atoms with E-state index in [1.54, 1.807) is 18.6 Å². The van der Waals surface area contributed by atoms with Gasteiger partial charge in [0.05, 0.1) is 5.56 Å². The Bertz CT molecular complexity index is 781. The molecular formula is C15H14N2O2. The molecule has 3 rings (SSSR count). The van der Waals surface area contributed by atoms with Crippen molar-refractivity contribution in [2.75, 3.05) is 0 Å². The van der Waals surface area contributed by atoms with Crippen LogP contribution in [0.25, 0.3) is 10.9 Å². The highest BCUT2D eigenvalue weighted by Crippen LogP contribution is 2.26. The van der Waals surface area contributed by atoms with Crippen molar-refractivity contribution in [3.63, 3.8) is 0 Å². The summed E-state index contributed by atoms with van der Waals surface area (Å²) < 4.78 is 5.53. The summed E-state index contributed by atoms with van der Waals surface area (Å²) in [6, 6.07) is 1.85. The standard InChI is InChI=1S/C15H14N2O2/c1-8-9(2)19-10(3)14(8)15(18)12-7-17-13-4-5-16-6-11(12)13/h4-7,17H,1-3H3. The Hall–Kier alpha value is -2.36. The van der Waals surface area contributed by atoms with Crippen molar-refractivity contribution in [1.29, 1.82) is 0 Å². The number of carbonyl (C=O) groups excluding carboxylic acids is 1. The SMILES string of the molecule is Cc1oc(C)c(C(=O)c2c[nH]c3ccncc23)c1C. The van der Waals surface area contributed by atoms with Gasteiger partial charge in [-0.05, 0) is 26.8 Å². The van der Waals surface area contributed by atoms with Crippen LogP contribution >= 0.6 is 0 Å². The Kier molecular flexibility index (Phi) is 2.52. The van der Waals surface area contributed by atoms with Crippen LogP contribution in [0.5, 0.6) is 0 Å². The number of H-pyrrole nitrogens is 1. The average molecular weight is 254 g/mol. The molecule has 19 heavy (non-hydrogen) atoms. The molecule has 0 aromatic carbocycles. The molecule has 0 aliphatic carbocycles. The molecule has 1 N–H and O–H groups in total. The quantitative estimate of drug-likeness (QED) is 0.714. The zero-order chi connectivity index (χ0) is 13.6. The topological polar surface area (TPSA) is 58.9 Å². The van der Waals surface area contributed by atoms with E-state index in [-0.39, 0.29) is 5.78 Å². The Labute approximate surface area is 110 Å². The van der Waals surface area contributed by atoms with Gasteiger partial charge in [0.1, 0.15) is 11.5 Å². The minimum absolute atomic E-state index is 0.0221. The van der Waals surface area contributed by atoms with E-state index < -0.39 is 0 Å². The lowest BCUT2D eigenvalue weighted by atomic mass is 10.00. The van der Waals surface area contributed by atoms with Crippen LogP contribution in [0.2, 0.25) is 0 Å². The van der Waals surface area contributed by atoms with Gasteiger partial charge in [-0.3, -0.25) is 9.78 Å². The monoisotopic (exact) mass is 254 g/mol. The highest BCUT2D eigenvalue weighted by Gasteiger charge is 2.22. The summed E-state index contributed by atoms with van der Waals surface area (Å²) in [4.78, 5) is 19.8. The molecule has 0 bridgehead atoms. The molecule has 4 heteroatoms. The second-order valence-corrected chi connectivity index (χ2v) is 4.67. The van der Waals surface area contributed by atoms with Crippen molar-refractivity contribution in [1.82, 2.24) is 9.97 Å². The van der Waals surface area contributed by atoms with E-state index in [1.807, 2.05) is 26.8 Å². The number of carbonyl (C=O) groups is 1. The molecule has 4 nitrogen and oxygen atoms in total. The maximum absolute atomic E-state index is 12.7. The van der Waals surface area contributed by atoms with Crippen LogP contribution in [-0.2, 0) is 0 Å². The second kappa shape index (κ2) is 4.09. The van der Waals surface area contributed by atoms with Crippen LogP contribution in [0.3, 0.4) is 0 Å². The Balaban J connectivity index is 2.19. The van der Waals surface area contributed by atoms with E-state index in [1.165, 1.54) is 0 Å². The van der Waals surface area contributed by atoms with Crippen molar-refractivity contribution in [2.45, 2.75) is 20.8 Å². The molecule has 0 saturated heterocycles. The van der Waals surface area contributed by atoms with Crippen molar-refractivity contribution in [2.24, 2.45) is 0 Å². The number of ketones is 1. The zero-order valence-electron chi connectivity index (χ0n) is 11.1. The van der Waals surface area contributed by atoms with E-state index in [9.17, 15) is 4.79 Å². The summed E-state index contributed by atoms with van der Waals surface area (Å²) >= 11 is 0. The minimum Gasteiger partial charge on any atom is -0.466 e. The fourth-order valence-electron chi connectivity index (χ4n) is 2.41. The lowest BCUT2D eigenvalue weighted by Crippen LogP contribution is -2.03. The zero-order valence-corrected chi connectivity index (χ0v) is 11.1. The van der Waals surface area contributed by atoms with Crippen molar-refractivity contribution in [3.05, 3.63) is 52.9 Å². The molecule has 0 spiro atoms. The first-order chi connectivity index (χ1) is 9.09. The van der Waals surface area contributed by atoms with E-state index in [2.05, 4.69) is 9.97 Å². The van der Waals surface area contributed by atoms with Crippen LogP contribution in [0.4, 0.5) is 0 Å². The second-order valence-electron chi connectivity index (χ2n) is 4.67. The summed E-state index contributed by atoms with van der Waals surface area (Å²) in [6.45, 7) is 5.60. The van der Waals surface area contributed by atoms with Crippen LogP contribution in [0.1, 0.15) is 33.0 Å². The number of pyridine rings is 1. The maximum atomic E-state index is 12.7. The number of hydrogen-bond donors (Lipinski definition) is 1. The van der Waals surface area contributed by atoms with Gasteiger partial charge in [-0.15, -0.1) is 0 Å². The maximum Gasteiger partial charge on any atom is 0.199 e. The number of aromatic nitrogens is 2. The number of nitrogens with zero attached hydrogens (tertiary/aromatic N) is 1. The molecule has 0 radical (unpaired) electrons. The molecule has 0 aliphatic heterocycles. The molecule has 3 heterocycles. The molecule has 0 aliphatic rings. The summed E-state index contributed by atoms with van der Waals surface area (Å²) in [7, 11) is 0. The molecule has 0 atom stereocenters. The Morgan fingerprint density at radius 3 is 2.74 bits per heavy atom. The summed E-state index contributed by atoms with van der Waals surface area (Å²) in [5, 5.41) is 0.838. The van der Waals surface area contributed by atoms with Gasteiger partial charge in [0.2, 0.25) is 0 Å². The van der Waals surface area contributed by atoms with Gasteiger partial charge >= 0.3 is 0 Å². The molecular weight excluding hydrogens is 240 g/mol. The van der Waals surface area contributed by atoms with Crippen molar-refractivity contribution in [3.8, 4) is 0 Å². The molecule has 96 valence electrons. The first-order valence-electron chi connectivity index (χ1n) is 6.12. The normalized spacial score (nSPS) is 11.1. The third-order valence-corrected chi connectivity index (χ3v) is 3.52. The molecule has 0 amide bonds. The molecule has 0 unspecified atom stereocenters. The number of nitrogens with one attached hydrogen (secondary N) is 1. The van der Waals surface area contributed by atoms with E-state index in [0.717, 1.165) is 22.2 Å². The predicted octanol–water partition coefficient (Wildman–Crippen LogP) is 3.31. The lowest BCUT2D eigenvalue weighted by molar-refractivity contribution is 0.103. The smallest absolute Gasteiger partial charge is 0.199 e. The molecule has 3 aromatic rings. The third-order valence-electron chi connectivity index (χ3n) is 3.52. The van der Waals surface area contributed by atoms with Crippen molar-refractivity contribution < 1.29 is 9.21 Å². The molecule has 0 saturated carbocycles. The number of aromatic amines is 1. The number of fused-ring (bicyclic) bond motifs is 1. The van der Waals surface area contributed by atoms with Gasteiger partial charge in [0.15, 0.2) is 5.78 Å². The first-order valence-corrected chi connectivity index (χ1v) is 6.12. The molecule has 3 aromatic heterocycles. The number of rotatable bonds is 2. The summed E-state index contributed by atoms with van der Waals surface area (Å²) in [5.74, 6) is 1.43. The van der Waals surface area contributed by atoms with Gasteiger partial charge in [-0.25, -0.2) is 0 Å². The minimum atomic E-state index is -0.0221. The summed E-state index contributed by atoms with van der Waals surface area (Å²) in [6.07, 6.45) is 5.14. The van der Waals surface area contributed by atoms with E-state index in [0.29, 0.717) is 16.9 Å². The fourth-order valence-corrected chi connectivity index (χ4v) is 2.41. The Morgan fingerprint density at radius 1 is 1.26 bits per heavy atom. The van der Waals surface area contributed by atoms with Crippen LogP contribution < -0.4 is 0 Å². The molecule has 0 fully saturated rings. The van der Waals surface area contributed by atoms with E-state index in [4.69, 9.17) is 4.42 Å². The van der Waals surface area contributed by atoms with Gasteiger partial charge in [-0.1, -0.05) is 0 Å². The highest BCUT2D eigenvalue weighted by atomic mass is 16.3. The van der Waals surface area contributed by atoms with Crippen LogP contribution in [-0.4, -0.2) is 15.8 Å². The van der Waals surface area contributed by atoms with Crippen LogP contribution in [0.15, 0.2) is 29.1 Å². The van der Waals surface area contributed by atoms with E-state index >= 15 is 0 Å². The number of furan rings is 1. The van der Waals surface area contributed by atoms with Gasteiger partial charge in [0.25, 0.3) is 0 Å². The number of hydrogen-bond acceptors (Lipinski definition) is 3. The average Bonchev–Trinajstić information content (AvgIpc) is 2.91. The van der Waals surface area contributed by atoms with Gasteiger partial charge in [-0.2, -0.15) is 0 Å². The highest BCUT2D eigenvalue weighted by molar-refractivity contribution is 6.17. The van der Waals surface area contributed by atoms with Crippen LogP contribution in [0, 0.1) is 20.8 Å². The Morgan fingerprint density at radius 2 is 2.05 bits per heavy atom. The predicted molar refractivity (Wildman–Crippen MR) is 72.4 cm³/mol. The van der Waals surface area contributed by atoms with Gasteiger partial charge < -0.3 is 9.40 Å².